The maximum Gasteiger partial charge on any atom is 0.235 e. The number of ketones is 1. The van der Waals surface area contributed by atoms with E-state index in [9.17, 15) is 9.59 Å². The molecule has 4 rings (SSSR count). The number of fused-ring (bicyclic) bond motifs is 2. The van der Waals surface area contributed by atoms with Crippen molar-refractivity contribution >= 4 is 40.6 Å². The van der Waals surface area contributed by atoms with Gasteiger partial charge in [0.1, 0.15) is 11.1 Å². The van der Waals surface area contributed by atoms with E-state index in [1.54, 1.807) is 0 Å². The van der Waals surface area contributed by atoms with Crippen LogP contribution in [-0.4, -0.2) is 22.8 Å². The lowest BCUT2D eigenvalue weighted by atomic mass is 9.69. The third-order valence-corrected chi connectivity index (χ3v) is 5.56. The van der Waals surface area contributed by atoms with Crippen LogP contribution in [0.3, 0.4) is 0 Å². The van der Waals surface area contributed by atoms with Crippen LogP contribution in [0.2, 0.25) is 11.5 Å². The Balaban J connectivity index is 1.69. The Morgan fingerprint density at radius 3 is 2.81 bits per heavy atom. The molecule has 0 saturated heterocycles. The number of nitrogens with one attached hydrogen (secondary N) is 1. The van der Waals surface area contributed by atoms with Crippen molar-refractivity contribution in [3.63, 3.8) is 0 Å². The van der Waals surface area contributed by atoms with Crippen LogP contribution in [0.5, 0.6) is 5.88 Å². The number of anilines is 1. The predicted molar refractivity (Wildman–Crippen MR) is 104 cm³/mol. The van der Waals surface area contributed by atoms with Crippen molar-refractivity contribution in [1.29, 1.82) is 0 Å². The zero-order valence-electron chi connectivity index (χ0n) is 18.4. The zero-order valence-corrected chi connectivity index (χ0v) is 15.9. The summed E-state index contributed by atoms with van der Waals surface area (Å²) in [6.45, 7) is 1.23. The van der Waals surface area contributed by atoms with Crippen molar-refractivity contribution in [1.82, 2.24) is 4.98 Å². The smallest absolute Gasteiger partial charge is 0.235 e. The summed E-state index contributed by atoms with van der Waals surface area (Å²) in [5.41, 5.74) is -1.27. The third kappa shape index (κ3) is 3.19. The first-order chi connectivity index (χ1) is 14.6. The second-order valence-corrected chi connectivity index (χ2v) is 7.63. The number of halogens is 2. The number of pyridine rings is 1. The SMILES string of the molecule is [2H]c1c([2H])c2c(c([2H])c1C(C)=O)C1(CCC(Oc3ncc(Cl)cc3Cl)CC1)C(=O)N2[2H]. The van der Waals surface area contributed by atoms with Crippen LogP contribution in [0.4, 0.5) is 5.69 Å². The van der Waals surface area contributed by atoms with Crippen molar-refractivity contribution in [2.45, 2.75) is 44.1 Å². The second-order valence-electron chi connectivity index (χ2n) is 6.79. The molecule has 27 heavy (non-hydrogen) atoms. The number of Topliss-reactive ketones (excluding diaryl/α,β-unsaturated/α-hetero) is 1. The fraction of sp³-hybridized carbons (Fsp3) is 0.350. The molecule has 5 nitrogen and oxygen atoms in total. The van der Waals surface area contributed by atoms with Gasteiger partial charge in [-0.25, -0.2) is 4.98 Å². The van der Waals surface area contributed by atoms with Gasteiger partial charge in [0.25, 0.3) is 0 Å². The Kier molecular flexibility index (Phi) is 3.52. The Hall–Kier alpha value is -2.11. The molecule has 1 aromatic heterocycles. The highest BCUT2D eigenvalue weighted by atomic mass is 35.5. The van der Waals surface area contributed by atoms with Crippen LogP contribution < -0.4 is 10.0 Å². The number of rotatable bonds is 3. The molecule has 1 spiro atoms. The molecular weight excluding hydrogens is 387 g/mol. The number of hydrogen-bond acceptors (Lipinski definition) is 4. The van der Waals surface area contributed by atoms with E-state index in [0.29, 0.717) is 23.2 Å². The number of ether oxygens (including phenoxy) is 1. The van der Waals surface area contributed by atoms with Crippen molar-refractivity contribution in [2.75, 3.05) is 5.31 Å². The molecule has 2 aliphatic rings. The summed E-state index contributed by atoms with van der Waals surface area (Å²) in [6.07, 6.45) is 2.51. The molecule has 7 heteroatoms. The lowest BCUT2D eigenvalue weighted by Gasteiger charge is -2.35. The molecule has 1 saturated carbocycles. The molecule has 0 radical (unpaired) electrons. The van der Waals surface area contributed by atoms with Gasteiger partial charge in [-0.1, -0.05) is 23.2 Å². The van der Waals surface area contributed by atoms with Crippen LogP contribution in [0.25, 0.3) is 0 Å². The zero-order chi connectivity index (χ0) is 22.7. The standard InChI is InChI=1S/C20H18Cl2N2O3/c1-11(25)12-2-3-17-15(8-12)20(19(26)24-17)6-4-14(5-7-20)27-18-16(22)9-13(21)10-23-18/h2-3,8-10,14H,4-7H2,1H3,(H,24,26)/i2D,3D,8D/hD. The molecule has 0 unspecified atom stereocenters. The lowest BCUT2D eigenvalue weighted by molar-refractivity contribution is -0.122. The van der Waals surface area contributed by atoms with Crippen LogP contribution in [0.15, 0.2) is 30.4 Å². The monoisotopic (exact) mass is 408 g/mol. The molecule has 2 aromatic rings. The quantitative estimate of drug-likeness (QED) is 0.740. The molecule has 1 fully saturated rings. The van der Waals surface area contributed by atoms with Crippen LogP contribution >= 0.6 is 23.2 Å². The number of carbonyl (C=O) groups is 2. The number of amides is 1. The van der Waals surface area contributed by atoms with E-state index in [1.807, 2.05) is 0 Å². The Morgan fingerprint density at radius 2 is 2.15 bits per heavy atom. The van der Waals surface area contributed by atoms with Gasteiger partial charge in [0.15, 0.2) is 7.20 Å². The van der Waals surface area contributed by atoms with Gasteiger partial charge in [0, 0.05) is 17.4 Å². The van der Waals surface area contributed by atoms with Gasteiger partial charge in [0.2, 0.25) is 11.8 Å². The molecule has 1 aromatic carbocycles. The minimum Gasteiger partial charge on any atom is -0.473 e. The summed E-state index contributed by atoms with van der Waals surface area (Å²) >= 11 is 12.0. The minimum absolute atomic E-state index is 0.0771. The second kappa shape index (κ2) is 6.80. The highest BCUT2D eigenvalue weighted by molar-refractivity contribution is 6.35. The van der Waals surface area contributed by atoms with Crippen molar-refractivity contribution in [3.05, 3.63) is 51.6 Å². The molecule has 0 atom stereocenters. The molecule has 1 amide bonds. The van der Waals surface area contributed by atoms with Gasteiger partial charge in [-0.2, -0.15) is 0 Å². The van der Waals surface area contributed by atoms with Crippen molar-refractivity contribution < 1.29 is 19.9 Å². The first-order valence-corrected chi connectivity index (χ1v) is 9.30. The number of carbonyl (C=O) groups excluding carboxylic acids is 2. The summed E-state index contributed by atoms with van der Waals surface area (Å²) in [5, 5.41) is 1.26. The van der Waals surface area contributed by atoms with Gasteiger partial charge < -0.3 is 10.0 Å². The Labute approximate surface area is 172 Å². The van der Waals surface area contributed by atoms with Gasteiger partial charge in [0.05, 0.1) is 14.5 Å². The summed E-state index contributed by atoms with van der Waals surface area (Å²) in [5.74, 6) is -0.830. The largest absolute Gasteiger partial charge is 0.473 e. The molecule has 0 bridgehead atoms. The van der Waals surface area contributed by atoms with E-state index in [2.05, 4.69) is 4.98 Å². The van der Waals surface area contributed by atoms with E-state index in [4.69, 9.17) is 33.5 Å². The van der Waals surface area contributed by atoms with Crippen LogP contribution in [-0.2, 0) is 10.2 Å². The maximum absolute atomic E-state index is 13.1. The van der Waals surface area contributed by atoms with Gasteiger partial charge in [-0.05, 0) is 62.4 Å². The molecule has 140 valence electrons. The number of nitrogens with zero attached hydrogens (tertiary/aromatic N) is 1. The molecular formula is C20H18Cl2N2O3. The Bertz CT molecular complexity index is 1120. The molecule has 2 heterocycles. The van der Waals surface area contributed by atoms with Gasteiger partial charge >= 0.3 is 0 Å². The number of benzene rings is 1. The van der Waals surface area contributed by atoms with Crippen molar-refractivity contribution in [3.8, 4) is 5.88 Å². The summed E-state index contributed by atoms with van der Waals surface area (Å²) in [6, 6.07) is 0.466. The highest BCUT2D eigenvalue weighted by Gasteiger charge is 2.49. The summed E-state index contributed by atoms with van der Waals surface area (Å²) in [7, 11) is 0. The summed E-state index contributed by atoms with van der Waals surface area (Å²) in [4.78, 5) is 29.3. The number of hydrogen-bond donors (Lipinski definition) is 1. The molecule has 1 aliphatic heterocycles. The van der Waals surface area contributed by atoms with Crippen molar-refractivity contribution in [2.24, 2.45) is 0 Å². The van der Waals surface area contributed by atoms with E-state index in [-0.39, 0.29) is 58.7 Å². The van der Waals surface area contributed by atoms with Gasteiger partial charge in [-0.3, -0.25) is 9.59 Å². The topological polar surface area (TPSA) is 68.3 Å². The van der Waals surface area contributed by atoms with Crippen LogP contribution in [0, 0.1) is 0 Å². The normalized spacial score (nSPS) is 26.3. The highest BCUT2D eigenvalue weighted by Crippen LogP contribution is 2.48. The minimum atomic E-state index is -1.20. The maximum atomic E-state index is 13.1. The van der Waals surface area contributed by atoms with Gasteiger partial charge in [-0.15, -0.1) is 0 Å². The first-order valence-electron chi connectivity index (χ1n) is 10.5. The molecule has 1 N–H and O–H groups in total. The number of aromatic nitrogens is 1. The predicted octanol–water partition coefficient (Wildman–Crippen LogP) is 4.80. The van der Waals surface area contributed by atoms with Crippen LogP contribution in [0.1, 0.15) is 52.6 Å². The average Bonchev–Trinajstić information content (AvgIpc) is 2.92. The summed E-state index contributed by atoms with van der Waals surface area (Å²) < 4.78 is 39.0. The van der Waals surface area contributed by atoms with E-state index in [1.165, 1.54) is 19.2 Å². The molecule has 1 aliphatic carbocycles. The first kappa shape index (κ1) is 14.0. The van der Waals surface area contributed by atoms with E-state index >= 15 is 0 Å². The average molecular weight is 409 g/mol. The lowest BCUT2D eigenvalue weighted by Crippen LogP contribution is -2.41. The van der Waals surface area contributed by atoms with E-state index in [0.717, 1.165) is 0 Å². The fourth-order valence-corrected chi connectivity index (χ4v) is 4.06. The fourth-order valence-electron chi connectivity index (χ4n) is 3.63. The third-order valence-electron chi connectivity index (χ3n) is 5.08. The van der Waals surface area contributed by atoms with E-state index < -0.39 is 23.1 Å². The Morgan fingerprint density at radius 1 is 1.41 bits per heavy atom.